The quantitative estimate of drug-likeness (QED) is 0.915. The fraction of sp³-hybridized carbons (Fsp3) is 0.625. The van der Waals surface area contributed by atoms with Crippen LogP contribution >= 0.6 is 0 Å². The standard InChI is InChI=1S/C16H24FN3/c17-16-4-2-1-3-13(16)11-19-8-7-15(12-19)20-9-5-14(18)6-10-20/h1-4,14-15H,5-12,18H2. The topological polar surface area (TPSA) is 32.5 Å². The molecular formula is C16H24FN3. The van der Waals surface area contributed by atoms with Crippen LogP contribution in [0.4, 0.5) is 4.39 Å². The molecule has 0 aromatic heterocycles. The normalized spacial score (nSPS) is 26.2. The van der Waals surface area contributed by atoms with Gasteiger partial charge in [0.05, 0.1) is 0 Å². The Morgan fingerprint density at radius 1 is 1.10 bits per heavy atom. The molecule has 2 aliphatic rings. The summed E-state index contributed by atoms with van der Waals surface area (Å²) in [6, 6.07) is 8.13. The molecule has 0 spiro atoms. The fourth-order valence-corrected chi connectivity index (χ4v) is 3.41. The van der Waals surface area contributed by atoms with Gasteiger partial charge in [-0.2, -0.15) is 0 Å². The Balaban J connectivity index is 1.53. The highest BCUT2D eigenvalue weighted by molar-refractivity contribution is 5.17. The lowest BCUT2D eigenvalue weighted by Gasteiger charge is -2.34. The molecule has 3 rings (SSSR count). The lowest BCUT2D eigenvalue weighted by Crippen LogP contribution is -2.46. The SMILES string of the molecule is NC1CCN(C2CCN(Cc3ccccc3F)C2)CC1. The molecule has 110 valence electrons. The number of likely N-dealkylation sites (tertiary alicyclic amines) is 2. The average molecular weight is 277 g/mol. The van der Waals surface area contributed by atoms with E-state index >= 15 is 0 Å². The van der Waals surface area contributed by atoms with E-state index in [0.717, 1.165) is 51.1 Å². The minimum atomic E-state index is -0.0834. The van der Waals surface area contributed by atoms with Gasteiger partial charge in [-0.25, -0.2) is 4.39 Å². The Morgan fingerprint density at radius 2 is 1.85 bits per heavy atom. The van der Waals surface area contributed by atoms with E-state index < -0.39 is 0 Å². The number of rotatable bonds is 3. The smallest absolute Gasteiger partial charge is 0.127 e. The molecule has 1 atom stereocenters. The van der Waals surface area contributed by atoms with Crippen molar-refractivity contribution in [2.45, 2.75) is 37.9 Å². The van der Waals surface area contributed by atoms with Crippen LogP contribution in [0.2, 0.25) is 0 Å². The molecule has 0 amide bonds. The van der Waals surface area contributed by atoms with Gasteiger partial charge in [0.1, 0.15) is 5.82 Å². The van der Waals surface area contributed by atoms with E-state index in [1.54, 1.807) is 12.1 Å². The number of halogens is 1. The second-order valence-corrected chi connectivity index (χ2v) is 6.14. The maximum absolute atomic E-state index is 13.7. The summed E-state index contributed by atoms with van der Waals surface area (Å²) in [7, 11) is 0. The van der Waals surface area contributed by atoms with Crippen LogP contribution in [0, 0.1) is 5.82 Å². The number of piperidine rings is 1. The first-order valence-corrected chi connectivity index (χ1v) is 7.68. The van der Waals surface area contributed by atoms with Crippen molar-refractivity contribution >= 4 is 0 Å². The van der Waals surface area contributed by atoms with Crippen molar-refractivity contribution in [1.82, 2.24) is 9.80 Å². The molecule has 2 saturated heterocycles. The second-order valence-electron chi connectivity index (χ2n) is 6.14. The van der Waals surface area contributed by atoms with E-state index in [1.807, 2.05) is 12.1 Å². The van der Waals surface area contributed by atoms with Crippen LogP contribution in [0.1, 0.15) is 24.8 Å². The first kappa shape index (κ1) is 14.0. The van der Waals surface area contributed by atoms with Crippen molar-refractivity contribution in [1.29, 1.82) is 0 Å². The van der Waals surface area contributed by atoms with E-state index in [9.17, 15) is 4.39 Å². The van der Waals surface area contributed by atoms with Gasteiger partial charge in [0.25, 0.3) is 0 Å². The van der Waals surface area contributed by atoms with Crippen molar-refractivity contribution in [3.8, 4) is 0 Å². The van der Waals surface area contributed by atoms with Gasteiger partial charge in [-0.3, -0.25) is 9.80 Å². The Labute approximate surface area is 120 Å². The largest absolute Gasteiger partial charge is 0.328 e. The van der Waals surface area contributed by atoms with Gasteiger partial charge < -0.3 is 5.73 Å². The molecule has 20 heavy (non-hydrogen) atoms. The van der Waals surface area contributed by atoms with Gasteiger partial charge in [0.2, 0.25) is 0 Å². The highest BCUT2D eigenvalue weighted by atomic mass is 19.1. The summed E-state index contributed by atoms with van der Waals surface area (Å²) in [6.45, 7) is 5.11. The minimum absolute atomic E-state index is 0.0834. The highest BCUT2D eigenvalue weighted by Gasteiger charge is 2.29. The highest BCUT2D eigenvalue weighted by Crippen LogP contribution is 2.22. The van der Waals surface area contributed by atoms with Crippen LogP contribution in [-0.2, 0) is 6.54 Å². The predicted octanol–water partition coefficient (Wildman–Crippen LogP) is 1.82. The van der Waals surface area contributed by atoms with Gasteiger partial charge in [-0.15, -0.1) is 0 Å². The van der Waals surface area contributed by atoms with E-state index in [0.29, 0.717) is 12.1 Å². The van der Waals surface area contributed by atoms with Crippen molar-refractivity contribution in [3.05, 3.63) is 35.6 Å². The summed E-state index contributed by atoms with van der Waals surface area (Å²) in [6.07, 6.45) is 3.43. The predicted molar refractivity (Wildman–Crippen MR) is 78.9 cm³/mol. The summed E-state index contributed by atoms with van der Waals surface area (Å²) < 4.78 is 13.7. The third-order valence-electron chi connectivity index (χ3n) is 4.69. The third kappa shape index (κ3) is 3.19. The number of nitrogens with zero attached hydrogens (tertiary/aromatic N) is 2. The van der Waals surface area contributed by atoms with Gasteiger partial charge in [-0.1, -0.05) is 18.2 Å². The van der Waals surface area contributed by atoms with Crippen LogP contribution in [0.15, 0.2) is 24.3 Å². The van der Waals surface area contributed by atoms with Crippen LogP contribution in [0.5, 0.6) is 0 Å². The molecule has 2 N–H and O–H groups in total. The molecule has 1 aromatic carbocycles. The molecule has 0 radical (unpaired) electrons. The van der Waals surface area contributed by atoms with Crippen molar-refractivity contribution in [3.63, 3.8) is 0 Å². The molecule has 1 aromatic rings. The summed E-state index contributed by atoms with van der Waals surface area (Å²) in [5, 5.41) is 0. The second kappa shape index (κ2) is 6.20. The molecule has 0 saturated carbocycles. The zero-order valence-corrected chi connectivity index (χ0v) is 12.0. The number of hydrogen-bond donors (Lipinski definition) is 1. The van der Waals surface area contributed by atoms with E-state index in [2.05, 4.69) is 9.80 Å². The van der Waals surface area contributed by atoms with Gasteiger partial charge in [0.15, 0.2) is 0 Å². The third-order valence-corrected chi connectivity index (χ3v) is 4.69. The number of nitrogens with two attached hydrogens (primary N) is 1. The lowest BCUT2D eigenvalue weighted by atomic mass is 10.0. The molecule has 1 unspecified atom stereocenters. The van der Waals surface area contributed by atoms with Crippen molar-refractivity contribution in [2.75, 3.05) is 26.2 Å². The monoisotopic (exact) mass is 277 g/mol. The summed E-state index contributed by atoms with van der Waals surface area (Å²) in [4.78, 5) is 4.95. The minimum Gasteiger partial charge on any atom is -0.328 e. The Morgan fingerprint density at radius 3 is 2.60 bits per heavy atom. The first-order chi connectivity index (χ1) is 9.72. The molecule has 2 fully saturated rings. The molecule has 2 heterocycles. The molecular weight excluding hydrogens is 253 g/mol. The summed E-state index contributed by atoms with van der Waals surface area (Å²) >= 11 is 0. The Bertz CT molecular complexity index is 443. The van der Waals surface area contributed by atoms with Gasteiger partial charge in [0, 0.05) is 37.3 Å². The average Bonchev–Trinajstić information content (AvgIpc) is 2.91. The van der Waals surface area contributed by atoms with Crippen LogP contribution in [0.25, 0.3) is 0 Å². The van der Waals surface area contributed by atoms with Gasteiger partial charge >= 0.3 is 0 Å². The van der Waals surface area contributed by atoms with E-state index in [-0.39, 0.29) is 5.82 Å². The van der Waals surface area contributed by atoms with E-state index in [1.165, 1.54) is 6.42 Å². The maximum atomic E-state index is 13.7. The molecule has 4 heteroatoms. The zero-order valence-electron chi connectivity index (χ0n) is 12.0. The first-order valence-electron chi connectivity index (χ1n) is 7.68. The maximum Gasteiger partial charge on any atom is 0.127 e. The number of benzene rings is 1. The lowest BCUT2D eigenvalue weighted by molar-refractivity contribution is 0.151. The summed E-state index contributed by atoms with van der Waals surface area (Å²) in [5.74, 6) is -0.0834. The fourth-order valence-electron chi connectivity index (χ4n) is 3.41. The molecule has 0 aliphatic carbocycles. The van der Waals surface area contributed by atoms with Crippen molar-refractivity contribution < 1.29 is 4.39 Å². The van der Waals surface area contributed by atoms with E-state index in [4.69, 9.17) is 5.73 Å². The van der Waals surface area contributed by atoms with Crippen molar-refractivity contribution in [2.24, 2.45) is 5.73 Å². The van der Waals surface area contributed by atoms with Crippen LogP contribution in [-0.4, -0.2) is 48.1 Å². The number of hydrogen-bond acceptors (Lipinski definition) is 3. The zero-order chi connectivity index (χ0) is 13.9. The Hall–Kier alpha value is -0.970. The van der Waals surface area contributed by atoms with Crippen LogP contribution in [0.3, 0.4) is 0 Å². The van der Waals surface area contributed by atoms with Crippen LogP contribution < -0.4 is 5.73 Å². The Kier molecular flexibility index (Phi) is 4.34. The van der Waals surface area contributed by atoms with Gasteiger partial charge in [-0.05, 0) is 38.4 Å². The molecule has 3 nitrogen and oxygen atoms in total. The molecule has 2 aliphatic heterocycles. The summed E-state index contributed by atoms with van der Waals surface area (Å²) in [5.41, 5.74) is 6.78. The molecule has 0 bridgehead atoms.